The molecule has 7 nitrogen and oxygen atoms in total. The van der Waals surface area contributed by atoms with Gasteiger partial charge in [0.2, 0.25) is 5.82 Å². The van der Waals surface area contributed by atoms with Gasteiger partial charge in [-0.05, 0) is 31.5 Å². The van der Waals surface area contributed by atoms with Crippen molar-refractivity contribution in [1.29, 1.82) is 0 Å². The van der Waals surface area contributed by atoms with E-state index in [1.165, 1.54) is 12.3 Å². The van der Waals surface area contributed by atoms with Crippen molar-refractivity contribution in [2.45, 2.75) is 37.1 Å². The second kappa shape index (κ2) is 8.34. The molecular formula is C20H18F5N3O4. The van der Waals surface area contributed by atoms with Gasteiger partial charge in [0.05, 0.1) is 7.11 Å². The highest BCUT2D eigenvalue weighted by molar-refractivity contribution is 5.97. The lowest BCUT2D eigenvalue weighted by Crippen LogP contribution is -2.43. The summed E-state index contributed by atoms with van der Waals surface area (Å²) in [5, 5.41) is 2.34. The fourth-order valence-electron chi connectivity index (χ4n) is 3.53. The van der Waals surface area contributed by atoms with Crippen LogP contribution in [0.15, 0.2) is 30.5 Å². The minimum atomic E-state index is -4.86. The van der Waals surface area contributed by atoms with E-state index in [1.54, 1.807) is 0 Å². The molecule has 1 aromatic heterocycles. The molecule has 32 heavy (non-hydrogen) atoms. The number of alkyl halides is 3. The van der Waals surface area contributed by atoms with Crippen LogP contribution >= 0.6 is 0 Å². The molecule has 172 valence electrons. The van der Waals surface area contributed by atoms with Gasteiger partial charge < -0.3 is 20.5 Å². The number of benzene rings is 1. The van der Waals surface area contributed by atoms with Crippen LogP contribution in [0.25, 0.3) is 0 Å². The first-order valence-corrected chi connectivity index (χ1v) is 9.21. The van der Waals surface area contributed by atoms with E-state index in [4.69, 9.17) is 15.2 Å². The van der Waals surface area contributed by atoms with Crippen molar-refractivity contribution in [3.05, 3.63) is 53.4 Å². The molecule has 1 saturated heterocycles. The number of nitrogens with one attached hydrogen (secondary N) is 1. The lowest BCUT2D eigenvalue weighted by molar-refractivity contribution is -0.261. The number of halogens is 5. The lowest BCUT2D eigenvalue weighted by Gasteiger charge is -2.27. The third-order valence-corrected chi connectivity index (χ3v) is 5.18. The predicted octanol–water partition coefficient (Wildman–Crippen LogP) is 3.30. The van der Waals surface area contributed by atoms with Gasteiger partial charge in [-0.15, -0.1) is 0 Å². The van der Waals surface area contributed by atoms with Crippen molar-refractivity contribution in [3.8, 4) is 5.75 Å². The molecule has 0 radical (unpaired) electrons. The van der Waals surface area contributed by atoms with Crippen LogP contribution in [0.2, 0.25) is 0 Å². The Morgan fingerprint density at radius 3 is 2.56 bits per heavy atom. The Labute approximate surface area is 178 Å². The molecule has 2 unspecified atom stereocenters. The Bertz CT molecular complexity index is 1060. The number of primary amides is 1. The van der Waals surface area contributed by atoms with E-state index in [0.717, 1.165) is 32.2 Å². The van der Waals surface area contributed by atoms with Crippen LogP contribution in [-0.2, 0) is 9.53 Å². The molecule has 0 bridgehead atoms. The quantitative estimate of drug-likeness (QED) is 0.668. The van der Waals surface area contributed by atoms with Gasteiger partial charge in [-0.1, -0.05) is 6.07 Å². The predicted molar refractivity (Wildman–Crippen MR) is 101 cm³/mol. The van der Waals surface area contributed by atoms with E-state index in [1.807, 2.05) is 0 Å². The Morgan fingerprint density at radius 1 is 1.28 bits per heavy atom. The molecule has 0 spiro atoms. The molecule has 2 aromatic rings. The largest absolute Gasteiger partial charge is 0.493 e. The number of amides is 2. The van der Waals surface area contributed by atoms with E-state index < -0.39 is 59.4 Å². The van der Waals surface area contributed by atoms with E-state index >= 15 is 0 Å². The first-order chi connectivity index (χ1) is 14.9. The molecule has 3 atom stereocenters. The zero-order chi connectivity index (χ0) is 23.8. The van der Waals surface area contributed by atoms with Gasteiger partial charge >= 0.3 is 6.18 Å². The van der Waals surface area contributed by atoms with Gasteiger partial charge in [-0.2, -0.15) is 17.6 Å². The second-order valence-electron chi connectivity index (χ2n) is 7.34. The Kier molecular flexibility index (Phi) is 6.09. The van der Waals surface area contributed by atoms with E-state index in [2.05, 4.69) is 10.3 Å². The summed E-state index contributed by atoms with van der Waals surface area (Å²) < 4.78 is 78.9. The summed E-state index contributed by atoms with van der Waals surface area (Å²) in [5.74, 6) is -6.50. The molecule has 1 aromatic carbocycles. The standard InChI is InChI=1S/C20H18F5N3O4/c1-19(20(23,24)25)8-11(10-3-4-12(21)14(22)15(10)31-2)16(32-19)18(30)28-9-5-6-27-13(7-9)17(26)29/h3-7,11,16H,8H2,1-2H3,(H2,26,29)(H,27,28,30)/t11?,16?,19-/m1/s1. The summed E-state index contributed by atoms with van der Waals surface area (Å²) in [6, 6.07) is 4.19. The second-order valence-corrected chi connectivity index (χ2v) is 7.34. The maximum atomic E-state index is 14.2. The molecule has 1 fully saturated rings. The fourth-order valence-corrected chi connectivity index (χ4v) is 3.53. The maximum absolute atomic E-state index is 14.2. The monoisotopic (exact) mass is 459 g/mol. The highest BCUT2D eigenvalue weighted by Gasteiger charge is 2.61. The van der Waals surface area contributed by atoms with Crippen LogP contribution in [0, 0.1) is 11.6 Å². The number of nitrogens with two attached hydrogens (primary N) is 1. The number of anilines is 1. The zero-order valence-corrected chi connectivity index (χ0v) is 16.8. The zero-order valence-electron chi connectivity index (χ0n) is 16.8. The summed E-state index contributed by atoms with van der Waals surface area (Å²) in [6.07, 6.45) is -6.19. The third kappa shape index (κ3) is 4.22. The number of pyridine rings is 1. The van der Waals surface area contributed by atoms with Crippen molar-refractivity contribution >= 4 is 17.5 Å². The smallest absolute Gasteiger partial charge is 0.417 e. The third-order valence-electron chi connectivity index (χ3n) is 5.18. The van der Waals surface area contributed by atoms with Crippen LogP contribution < -0.4 is 15.8 Å². The number of ether oxygens (including phenoxy) is 2. The Hall–Kier alpha value is -3.28. The minimum Gasteiger partial charge on any atom is -0.493 e. The van der Waals surface area contributed by atoms with Crippen molar-refractivity contribution in [3.63, 3.8) is 0 Å². The molecule has 3 rings (SSSR count). The number of carbonyl (C=O) groups is 2. The summed E-state index contributed by atoms with van der Waals surface area (Å²) in [7, 11) is 1.03. The summed E-state index contributed by atoms with van der Waals surface area (Å²) in [5.41, 5.74) is 2.07. The van der Waals surface area contributed by atoms with E-state index in [0.29, 0.717) is 0 Å². The Balaban J connectivity index is 2.01. The van der Waals surface area contributed by atoms with Gasteiger partial charge in [0, 0.05) is 23.4 Å². The number of aromatic nitrogens is 1. The molecule has 1 aliphatic heterocycles. The van der Waals surface area contributed by atoms with E-state index in [-0.39, 0.29) is 16.9 Å². The number of methoxy groups -OCH3 is 1. The van der Waals surface area contributed by atoms with Gasteiger partial charge in [0.25, 0.3) is 11.8 Å². The average Bonchev–Trinajstić information content (AvgIpc) is 3.09. The van der Waals surface area contributed by atoms with Crippen molar-refractivity contribution in [2.24, 2.45) is 5.73 Å². The van der Waals surface area contributed by atoms with Gasteiger partial charge in [0.15, 0.2) is 17.2 Å². The van der Waals surface area contributed by atoms with Crippen LogP contribution in [0.1, 0.15) is 35.3 Å². The number of carbonyl (C=O) groups excluding carboxylic acids is 2. The molecule has 0 saturated carbocycles. The number of rotatable bonds is 5. The molecule has 0 aliphatic carbocycles. The number of nitrogens with zero attached hydrogens (tertiary/aromatic N) is 1. The first-order valence-electron chi connectivity index (χ1n) is 9.21. The molecule has 2 heterocycles. The average molecular weight is 459 g/mol. The fraction of sp³-hybridized carbons (Fsp3) is 0.350. The summed E-state index contributed by atoms with van der Waals surface area (Å²) in [4.78, 5) is 27.9. The molecule has 2 amide bonds. The lowest BCUT2D eigenvalue weighted by atomic mass is 9.85. The minimum absolute atomic E-state index is 0.0269. The summed E-state index contributed by atoms with van der Waals surface area (Å²) in [6.45, 7) is 0.761. The van der Waals surface area contributed by atoms with Crippen molar-refractivity contribution in [2.75, 3.05) is 12.4 Å². The maximum Gasteiger partial charge on any atom is 0.417 e. The Morgan fingerprint density at radius 2 is 1.97 bits per heavy atom. The van der Waals surface area contributed by atoms with Crippen molar-refractivity contribution < 1.29 is 41.0 Å². The van der Waals surface area contributed by atoms with Crippen LogP contribution in [0.3, 0.4) is 0 Å². The summed E-state index contributed by atoms with van der Waals surface area (Å²) >= 11 is 0. The van der Waals surface area contributed by atoms with Crippen LogP contribution in [-0.4, -0.2) is 41.8 Å². The van der Waals surface area contributed by atoms with Gasteiger partial charge in [-0.25, -0.2) is 4.39 Å². The molecule has 1 aliphatic rings. The van der Waals surface area contributed by atoms with Crippen molar-refractivity contribution in [1.82, 2.24) is 4.98 Å². The van der Waals surface area contributed by atoms with Gasteiger partial charge in [0.1, 0.15) is 11.8 Å². The topological polar surface area (TPSA) is 104 Å². The molecule has 3 N–H and O–H groups in total. The van der Waals surface area contributed by atoms with Crippen LogP contribution in [0.4, 0.5) is 27.6 Å². The number of hydrogen-bond acceptors (Lipinski definition) is 5. The number of hydrogen-bond donors (Lipinski definition) is 2. The SMILES string of the molecule is COc1c(C2C[C@](C)(C(F)(F)F)OC2C(=O)Nc2ccnc(C(N)=O)c2)ccc(F)c1F. The van der Waals surface area contributed by atoms with Crippen LogP contribution in [0.5, 0.6) is 5.75 Å². The highest BCUT2D eigenvalue weighted by atomic mass is 19.4. The van der Waals surface area contributed by atoms with E-state index in [9.17, 15) is 31.5 Å². The molecule has 12 heteroatoms. The van der Waals surface area contributed by atoms with Gasteiger partial charge in [-0.3, -0.25) is 14.6 Å². The highest BCUT2D eigenvalue weighted by Crippen LogP contribution is 2.51. The normalized spacial score (nSPS) is 23.1. The first kappa shape index (κ1) is 23.4. The molecular weight excluding hydrogens is 441 g/mol.